The van der Waals surface area contributed by atoms with Gasteiger partial charge in [0.25, 0.3) is 0 Å². The van der Waals surface area contributed by atoms with Crippen molar-refractivity contribution in [3.05, 3.63) is 35.9 Å². The Morgan fingerprint density at radius 1 is 1.21 bits per heavy atom. The average Bonchev–Trinajstić information content (AvgIpc) is 2.27. The van der Waals surface area contributed by atoms with E-state index in [4.69, 9.17) is 0 Å². The molecule has 0 saturated carbocycles. The van der Waals surface area contributed by atoms with Gasteiger partial charge >= 0.3 is 6.18 Å². The molecule has 1 aromatic rings. The van der Waals surface area contributed by atoms with Crippen LogP contribution in [0.25, 0.3) is 0 Å². The third-order valence-corrected chi connectivity index (χ3v) is 4.15. The number of halogens is 3. The summed E-state index contributed by atoms with van der Waals surface area (Å²) in [5.74, 6) is -0.501. The van der Waals surface area contributed by atoms with Crippen LogP contribution in [0.4, 0.5) is 13.2 Å². The quantitative estimate of drug-likeness (QED) is 0.877. The highest BCUT2D eigenvalue weighted by atomic mass is 32.2. The van der Waals surface area contributed by atoms with E-state index in [0.717, 1.165) is 5.56 Å². The number of rotatable bonds is 6. The van der Waals surface area contributed by atoms with Crippen LogP contribution in [0.5, 0.6) is 0 Å². The molecule has 1 aromatic carbocycles. The van der Waals surface area contributed by atoms with Crippen molar-refractivity contribution in [2.45, 2.75) is 25.4 Å². The van der Waals surface area contributed by atoms with E-state index in [1.807, 2.05) is 10.8 Å². The molecule has 7 heteroatoms. The molecule has 0 aliphatic rings. The minimum atomic E-state index is -4.35. The molecule has 0 spiro atoms. The van der Waals surface area contributed by atoms with E-state index in [-0.39, 0.29) is 11.7 Å². The molecule has 0 aromatic heterocycles. The minimum absolute atomic E-state index is 0.227. The predicted octanol–water partition coefficient (Wildman–Crippen LogP) is 2.66. The van der Waals surface area contributed by atoms with Crippen molar-refractivity contribution >= 4 is 10.0 Å². The molecule has 0 amide bonds. The Morgan fingerprint density at radius 3 is 2.32 bits per heavy atom. The van der Waals surface area contributed by atoms with Crippen LogP contribution in [0.1, 0.15) is 24.8 Å². The van der Waals surface area contributed by atoms with Gasteiger partial charge in [-0.05, 0) is 11.5 Å². The van der Waals surface area contributed by atoms with Crippen LogP contribution in [0.2, 0.25) is 0 Å². The molecule has 1 N–H and O–H groups in total. The molecule has 1 rings (SSSR count). The summed E-state index contributed by atoms with van der Waals surface area (Å²) in [6.45, 7) is 1.10. The van der Waals surface area contributed by atoms with Crippen LogP contribution >= 0.6 is 0 Å². The zero-order valence-electron chi connectivity index (χ0n) is 10.4. The molecule has 0 fully saturated rings. The largest absolute Gasteiger partial charge is 0.390 e. The fraction of sp³-hybridized carbons (Fsp3) is 0.500. The molecule has 0 heterocycles. The van der Waals surface area contributed by atoms with Crippen molar-refractivity contribution in [3.8, 4) is 0 Å². The van der Waals surface area contributed by atoms with E-state index < -0.39 is 29.2 Å². The third-order valence-electron chi connectivity index (χ3n) is 2.57. The molecule has 0 saturated heterocycles. The van der Waals surface area contributed by atoms with Gasteiger partial charge in [0.15, 0.2) is 0 Å². The van der Waals surface area contributed by atoms with Crippen LogP contribution in [0.3, 0.4) is 0 Å². The molecule has 0 bridgehead atoms. The number of sulfonamides is 1. The first-order chi connectivity index (χ1) is 8.70. The third kappa shape index (κ3) is 6.58. The predicted molar refractivity (Wildman–Crippen MR) is 67.3 cm³/mol. The van der Waals surface area contributed by atoms with Crippen molar-refractivity contribution in [1.29, 1.82) is 0 Å². The summed E-state index contributed by atoms with van der Waals surface area (Å²) in [4.78, 5) is 0. The first-order valence-corrected chi connectivity index (χ1v) is 7.44. The highest BCUT2D eigenvalue weighted by molar-refractivity contribution is 7.89. The van der Waals surface area contributed by atoms with E-state index >= 15 is 0 Å². The highest BCUT2D eigenvalue weighted by Gasteiger charge is 2.27. The molecule has 0 unspecified atom stereocenters. The summed E-state index contributed by atoms with van der Waals surface area (Å²) in [5.41, 5.74) is 0.837. The lowest BCUT2D eigenvalue weighted by molar-refractivity contribution is -0.132. The van der Waals surface area contributed by atoms with Gasteiger partial charge in [0.2, 0.25) is 10.0 Å². The normalized spacial score (nSPS) is 14.3. The van der Waals surface area contributed by atoms with E-state index in [0.29, 0.717) is 0 Å². The van der Waals surface area contributed by atoms with E-state index in [1.165, 1.54) is 0 Å². The summed E-state index contributed by atoms with van der Waals surface area (Å²) in [6.07, 6.45) is -5.51. The number of benzene rings is 1. The Morgan fingerprint density at radius 2 is 1.79 bits per heavy atom. The number of hydrogen-bond acceptors (Lipinski definition) is 2. The number of nitrogens with one attached hydrogen (secondary N) is 1. The van der Waals surface area contributed by atoms with Crippen LogP contribution in [0.15, 0.2) is 30.3 Å². The monoisotopic (exact) mass is 295 g/mol. The van der Waals surface area contributed by atoms with Crippen LogP contribution in [-0.4, -0.2) is 26.9 Å². The Balaban J connectivity index is 2.51. The molecule has 0 radical (unpaired) electrons. The van der Waals surface area contributed by atoms with Gasteiger partial charge in [0.05, 0.1) is 12.2 Å². The second-order valence-corrected chi connectivity index (χ2v) is 6.20. The van der Waals surface area contributed by atoms with E-state index in [9.17, 15) is 21.6 Å². The number of alkyl halides is 3. The van der Waals surface area contributed by atoms with Gasteiger partial charge < -0.3 is 0 Å². The van der Waals surface area contributed by atoms with Gasteiger partial charge in [-0.15, -0.1) is 0 Å². The van der Waals surface area contributed by atoms with Crippen molar-refractivity contribution < 1.29 is 21.6 Å². The van der Waals surface area contributed by atoms with Crippen molar-refractivity contribution in [2.24, 2.45) is 0 Å². The fourth-order valence-electron chi connectivity index (χ4n) is 1.61. The van der Waals surface area contributed by atoms with Gasteiger partial charge in [-0.1, -0.05) is 37.3 Å². The summed E-state index contributed by atoms with van der Waals surface area (Å²) in [5, 5.41) is 0. The van der Waals surface area contributed by atoms with Gasteiger partial charge in [-0.2, -0.15) is 13.2 Å². The minimum Gasteiger partial charge on any atom is -0.215 e. The first-order valence-electron chi connectivity index (χ1n) is 5.79. The molecule has 0 aliphatic carbocycles. The second kappa shape index (κ2) is 6.38. The lowest BCUT2D eigenvalue weighted by Crippen LogP contribution is -2.31. The van der Waals surface area contributed by atoms with Crippen LogP contribution in [0, 0.1) is 0 Å². The molecule has 0 aliphatic heterocycles. The molecule has 1 atom stereocenters. The summed E-state index contributed by atoms with van der Waals surface area (Å²) < 4.78 is 61.0. The van der Waals surface area contributed by atoms with E-state index in [2.05, 4.69) is 0 Å². The average molecular weight is 295 g/mol. The van der Waals surface area contributed by atoms with E-state index in [1.54, 1.807) is 31.2 Å². The Labute approximate surface area is 110 Å². The highest BCUT2D eigenvalue weighted by Crippen LogP contribution is 2.19. The molecule has 19 heavy (non-hydrogen) atoms. The zero-order chi connectivity index (χ0) is 14.5. The van der Waals surface area contributed by atoms with Gasteiger partial charge in [0.1, 0.15) is 0 Å². The Bertz CT molecular complexity index is 485. The molecule has 108 valence electrons. The fourth-order valence-corrected chi connectivity index (χ4v) is 3.00. The lowest BCUT2D eigenvalue weighted by atomic mass is 10.0. The van der Waals surface area contributed by atoms with Crippen molar-refractivity contribution in [3.63, 3.8) is 0 Å². The standard InChI is InChI=1S/C12H16F3NO2S/c1-10(11-5-3-2-4-6-11)9-19(17,18)16-8-7-12(13,14)15/h2-6,10,16H,7-9H2,1H3/t10-/m1/s1. The smallest absolute Gasteiger partial charge is 0.215 e. The summed E-state index contributed by atoms with van der Waals surface area (Å²) in [7, 11) is -3.70. The Hall–Kier alpha value is -1.08. The van der Waals surface area contributed by atoms with Crippen LogP contribution in [-0.2, 0) is 10.0 Å². The zero-order valence-corrected chi connectivity index (χ0v) is 11.3. The Kier molecular flexibility index (Phi) is 5.37. The first kappa shape index (κ1) is 16.0. The lowest BCUT2D eigenvalue weighted by Gasteiger charge is -2.13. The van der Waals surface area contributed by atoms with Gasteiger partial charge in [0, 0.05) is 6.54 Å². The molecular weight excluding hydrogens is 279 g/mol. The maximum atomic E-state index is 11.9. The topological polar surface area (TPSA) is 46.2 Å². The number of hydrogen-bond donors (Lipinski definition) is 1. The molecular formula is C12H16F3NO2S. The van der Waals surface area contributed by atoms with Gasteiger partial charge in [-0.3, -0.25) is 0 Å². The van der Waals surface area contributed by atoms with Gasteiger partial charge in [-0.25, -0.2) is 13.1 Å². The van der Waals surface area contributed by atoms with Crippen LogP contribution < -0.4 is 4.72 Å². The van der Waals surface area contributed by atoms with Crippen molar-refractivity contribution in [1.82, 2.24) is 4.72 Å². The maximum absolute atomic E-state index is 11.9. The molecule has 3 nitrogen and oxygen atoms in total. The summed E-state index contributed by atoms with van der Waals surface area (Å²) in [6, 6.07) is 8.96. The SMILES string of the molecule is C[C@H](CS(=O)(=O)NCCC(F)(F)F)c1ccccc1. The summed E-state index contributed by atoms with van der Waals surface area (Å²) >= 11 is 0. The second-order valence-electron chi connectivity index (χ2n) is 4.35. The maximum Gasteiger partial charge on any atom is 0.390 e. The van der Waals surface area contributed by atoms with Crippen molar-refractivity contribution in [2.75, 3.05) is 12.3 Å².